The Kier molecular flexibility index (Phi) is 5.07. The van der Waals surface area contributed by atoms with Crippen molar-refractivity contribution in [2.45, 2.75) is 0 Å². The summed E-state index contributed by atoms with van der Waals surface area (Å²) in [5.41, 5.74) is 0.838. The number of hydrogen-bond acceptors (Lipinski definition) is 6. The van der Waals surface area contributed by atoms with Gasteiger partial charge in [0.25, 0.3) is 0 Å². The van der Waals surface area contributed by atoms with Gasteiger partial charge in [0.1, 0.15) is 24.7 Å². The minimum Gasteiger partial charge on any atom is -0.507 e. The number of phenolic OH excluding ortho intramolecular Hbond substituents is 1. The van der Waals surface area contributed by atoms with Crippen LogP contribution in [0.5, 0.6) is 23.0 Å². The highest BCUT2D eigenvalue weighted by Crippen LogP contribution is 2.31. The van der Waals surface area contributed by atoms with Gasteiger partial charge in [-0.05, 0) is 35.9 Å². The fraction of sp³-hybridized carbons (Fsp3) is 0.158. The summed E-state index contributed by atoms with van der Waals surface area (Å²) in [5.74, 6) is -0.376. The second-order valence-corrected chi connectivity index (χ2v) is 5.46. The molecule has 2 N–H and O–H groups in total. The average molecular weight is 356 g/mol. The van der Waals surface area contributed by atoms with Crippen LogP contribution in [0.2, 0.25) is 0 Å². The second-order valence-electron chi connectivity index (χ2n) is 5.46. The van der Waals surface area contributed by atoms with Gasteiger partial charge >= 0.3 is 5.97 Å². The van der Waals surface area contributed by atoms with Crippen LogP contribution >= 0.6 is 0 Å². The lowest BCUT2D eigenvalue weighted by Crippen LogP contribution is -2.15. The smallest absolute Gasteiger partial charge is 0.341 e. The molecule has 2 aromatic carbocycles. The van der Waals surface area contributed by atoms with E-state index < -0.39 is 18.4 Å². The molecule has 0 amide bonds. The first-order valence-electron chi connectivity index (χ1n) is 7.82. The number of carboxylic acids is 1. The molecule has 0 saturated heterocycles. The fourth-order valence-corrected chi connectivity index (χ4v) is 2.38. The van der Waals surface area contributed by atoms with E-state index in [1.54, 1.807) is 24.3 Å². The molecule has 0 spiro atoms. The van der Waals surface area contributed by atoms with Crippen LogP contribution in [-0.2, 0) is 4.79 Å². The summed E-state index contributed by atoms with van der Waals surface area (Å²) in [6.07, 6.45) is 2.94. The van der Waals surface area contributed by atoms with Crippen molar-refractivity contribution in [1.29, 1.82) is 0 Å². The Labute approximate surface area is 149 Å². The molecule has 0 aromatic heterocycles. The first-order valence-corrected chi connectivity index (χ1v) is 7.82. The summed E-state index contributed by atoms with van der Waals surface area (Å²) in [6, 6.07) is 9.33. The number of ether oxygens (including phenoxy) is 3. The van der Waals surface area contributed by atoms with Crippen molar-refractivity contribution < 1.29 is 34.0 Å². The highest BCUT2D eigenvalue weighted by molar-refractivity contribution is 6.08. The molecule has 0 bridgehead atoms. The van der Waals surface area contributed by atoms with E-state index in [1.807, 2.05) is 0 Å². The third-order valence-corrected chi connectivity index (χ3v) is 3.59. The number of carbonyl (C=O) groups excluding carboxylic acids is 1. The Balaban J connectivity index is 1.71. The molecule has 0 fully saturated rings. The normalized spacial score (nSPS) is 12.8. The number of aliphatic carboxylic acids is 1. The van der Waals surface area contributed by atoms with E-state index in [1.165, 1.54) is 24.3 Å². The van der Waals surface area contributed by atoms with Crippen LogP contribution in [0.1, 0.15) is 15.9 Å². The summed E-state index contributed by atoms with van der Waals surface area (Å²) in [6.45, 7) is 0.451. The summed E-state index contributed by atoms with van der Waals surface area (Å²) >= 11 is 0. The number of phenols is 1. The van der Waals surface area contributed by atoms with Gasteiger partial charge in [-0.15, -0.1) is 0 Å². The fourth-order valence-electron chi connectivity index (χ4n) is 2.38. The van der Waals surface area contributed by atoms with E-state index in [0.717, 1.165) is 5.56 Å². The maximum absolute atomic E-state index is 12.3. The van der Waals surface area contributed by atoms with Gasteiger partial charge in [0.05, 0.1) is 5.56 Å². The Hall–Kier alpha value is -3.48. The summed E-state index contributed by atoms with van der Waals surface area (Å²) < 4.78 is 15.9. The van der Waals surface area contributed by atoms with Crippen molar-refractivity contribution in [3.05, 3.63) is 53.6 Å². The number of ketones is 1. The zero-order chi connectivity index (χ0) is 18.5. The molecule has 7 heteroatoms. The molecule has 2 aromatic rings. The third-order valence-electron chi connectivity index (χ3n) is 3.59. The standard InChI is InChI=1S/C19H16O7/c20-15(14-4-3-13(10-16(14)21)26-11-19(22)23)5-1-12-2-6-17-18(9-12)25-8-7-24-17/h1-6,9-10,21H,7-8,11H2,(H,22,23). The van der Waals surface area contributed by atoms with Crippen molar-refractivity contribution in [2.75, 3.05) is 19.8 Å². The van der Waals surface area contributed by atoms with E-state index in [0.29, 0.717) is 24.7 Å². The van der Waals surface area contributed by atoms with Gasteiger partial charge in [-0.1, -0.05) is 12.1 Å². The lowest BCUT2D eigenvalue weighted by Gasteiger charge is -2.18. The number of hydrogen-bond donors (Lipinski definition) is 2. The summed E-state index contributed by atoms with van der Waals surface area (Å²) in [5, 5.41) is 18.5. The van der Waals surface area contributed by atoms with Gasteiger partial charge < -0.3 is 24.4 Å². The molecule has 0 saturated carbocycles. The SMILES string of the molecule is O=C(O)COc1ccc(C(=O)C=Cc2ccc3c(c2)OCCO3)c(O)c1. The Morgan fingerprint density at radius 2 is 1.85 bits per heavy atom. The van der Waals surface area contributed by atoms with Gasteiger partial charge in [0.2, 0.25) is 0 Å². The number of carboxylic acid groups (broad SMARTS) is 1. The van der Waals surface area contributed by atoms with Gasteiger partial charge in [-0.2, -0.15) is 0 Å². The summed E-state index contributed by atoms with van der Waals surface area (Å²) in [7, 11) is 0. The van der Waals surface area contributed by atoms with Crippen molar-refractivity contribution in [3.8, 4) is 23.0 Å². The molecule has 1 heterocycles. The van der Waals surface area contributed by atoms with Gasteiger partial charge in [0.15, 0.2) is 23.9 Å². The largest absolute Gasteiger partial charge is 0.507 e. The lowest BCUT2D eigenvalue weighted by atomic mass is 10.1. The van der Waals surface area contributed by atoms with Gasteiger partial charge in [-0.3, -0.25) is 4.79 Å². The number of aromatic hydroxyl groups is 1. The van der Waals surface area contributed by atoms with Crippen LogP contribution in [0.25, 0.3) is 6.08 Å². The Morgan fingerprint density at radius 1 is 1.08 bits per heavy atom. The number of fused-ring (bicyclic) bond motifs is 1. The second kappa shape index (κ2) is 7.60. The number of benzene rings is 2. The molecular weight excluding hydrogens is 340 g/mol. The van der Waals surface area contributed by atoms with E-state index in [9.17, 15) is 14.7 Å². The molecule has 1 aliphatic rings. The highest BCUT2D eigenvalue weighted by Gasteiger charge is 2.12. The van der Waals surface area contributed by atoms with Crippen LogP contribution < -0.4 is 14.2 Å². The van der Waals surface area contributed by atoms with Crippen molar-refractivity contribution >= 4 is 17.8 Å². The molecule has 7 nitrogen and oxygen atoms in total. The lowest BCUT2D eigenvalue weighted by molar-refractivity contribution is -0.139. The molecule has 0 radical (unpaired) electrons. The third kappa shape index (κ3) is 4.13. The molecule has 3 rings (SSSR count). The molecule has 1 aliphatic heterocycles. The topological polar surface area (TPSA) is 102 Å². The predicted octanol–water partition coefficient (Wildman–Crippen LogP) is 2.52. The minimum atomic E-state index is -1.13. The predicted molar refractivity (Wildman–Crippen MR) is 92.0 cm³/mol. The zero-order valence-corrected chi connectivity index (χ0v) is 13.7. The monoisotopic (exact) mass is 356 g/mol. The molecule has 134 valence electrons. The number of allylic oxidation sites excluding steroid dienone is 1. The van der Waals surface area contributed by atoms with E-state index >= 15 is 0 Å². The van der Waals surface area contributed by atoms with Crippen molar-refractivity contribution in [3.63, 3.8) is 0 Å². The molecular formula is C19H16O7. The van der Waals surface area contributed by atoms with Gasteiger partial charge in [0, 0.05) is 6.07 Å². The van der Waals surface area contributed by atoms with E-state index in [-0.39, 0.29) is 17.1 Å². The first kappa shape index (κ1) is 17.3. The van der Waals surface area contributed by atoms with Crippen LogP contribution in [0.15, 0.2) is 42.5 Å². The average Bonchev–Trinajstić information content (AvgIpc) is 2.64. The van der Waals surface area contributed by atoms with Crippen LogP contribution in [0.3, 0.4) is 0 Å². The Bertz CT molecular complexity index is 870. The van der Waals surface area contributed by atoms with Crippen LogP contribution in [-0.4, -0.2) is 41.8 Å². The number of rotatable bonds is 6. The van der Waals surface area contributed by atoms with Gasteiger partial charge in [-0.25, -0.2) is 4.79 Å². The first-order chi connectivity index (χ1) is 12.5. The molecule has 0 unspecified atom stereocenters. The molecule has 26 heavy (non-hydrogen) atoms. The van der Waals surface area contributed by atoms with Crippen molar-refractivity contribution in [1.82, 2.24) is 0 Å². The Morgan fingerprint density at radius 3 is 2.58 bits per heavy atom. The minimum absolute atomic E-state index is 0.0847. The highest BCUT2D eigenvalue weighted by atomic mass is 16.6. The van der Waals surface area contributed by atoms with E-state index in [4.69, 9.17) is 19.3 Å². The number of carbonyl (C=O) groups is 2. The van der Waals surface area contributed by atoms with Crippen molar-refractivity contribution in [2.24, 2.45) is 0 Å². The maximum atomic E-state index is 12.3. The van der Waals surface area contributed by atoms with E-state index in [2.05, 4.69) is 0 Å². The summed E-state index contributed by atoms with van der Waals surface area (Å²) in [4.78, 5) is 22.7. The zero-order valence-electron chi connectivity index (χ0n) is 13.7. The maximum Gasteiger partial charge on any atom is 0.341 e. The quantitative estimate of drug-likeness (QED) is 0.605. The van der Waals surface area contributed by atoms with Crippen LogP contribution in [0.4, 0.5) is 0 Å². The van der Waals surface area contributed by atoms with Crippen LogP contribution in [0, 0.1) is 0 Å². The molecule has 0 atom stereocenters. The molecule has 0 aliphatic carbocycles.